The van der Waals surface area contributed by atoms with Crippen LogP contribution in [-0.4, -0.2) is 124 Å². The number of carbonyl (C=O) groups is 8. The maximum atomic E-state index is 14.5. The summed E-state index contributed by atoms with van der Waals surface area (Å²) in [5.74, 6) is -11.7. The van der Waals surface area contributed by atoms with Gasteiger partial charge < -0.3 is 47.7 Å². The molecule has 0 amide bonds. The van der Waals surface area contributed by atoms with Gasteiger partial charge in [0.2, 0.25) is 0 Å². The first-order chi connectivity index (χ1) is 29.0. The number of benzene rings is 1. The molecule has 2 unspecified atom stereocenters. The van der Waals surface area contributed by atoms with E-state index in [-0.39, 0.29) is 11.1 Å². The third kappa shape index (κ3) is 7.43. The van der Waals surface area contributed by atoms with Crippen LogP contribution >= 0.6 is 0 Å². The van der Waals surface area contributed by atoms with Crippen molar-refractivity contribution in [1.29, 1.82) is 0 Å². The van der Waals surface area contributed by atoms with E-state index in [1.54, 1.807) is 13.0 Å². The van der Waals surface area contributed by atoms with Crippen molar-refractivity contribution in [1.82, 2.24) is 4.98 Å². The molecule has 3 fully saturated rings. The fraction of sp³-hybridized carbons (Fsp3) is 0.558. The van der Waals surface area contributed by atoms with Crippen LogP contribution in [0.1, 0.15) is 94.5 Å². The van der Waals surface area contributed by atoms with Crippen LogP contribution in [0.5, 0.6) is 0 Å². The summed E-state index contributed by atoms with van der Waals surface area (Å²) in [5, 5.41) is 13.7. The Kier molecular flexibility index (Phi) is 12.3. The van der Waals surface area contributed by atoms with Crippen LogP contribution in [0.2, 0.25) is 0 Å². The van der Waals surface area contributed by atoms with Gasteiger partial charge in [0.15, 0.2) is 30.0 Å². The third-order valence-electron chi connectivity index (χ3n) is 12.5. The van der Waals surface area contributed by atoms with Gasteiger partial charge in [0.25, 0.3) is 0 Å². The number of nitrogens with zero attached hydrogens (tertiary/aromatic N) is 1. The summed E-state index contributed by atoms with van der Waals surface area (Å²) in [7, 11) is 0. The van der Waals surface area contributed by atoms with Crippen molar-refractivity contribution in [3.8, 4) is 0 Å². The van der Waals surface area contributed by atoms with Crippen LogP contribution in [0, 0.1) is 17.3 Å². The lowest BCUT2D eigenvalue weighted by atomic mass is 9.45. The number of ether oxygens (including phenoxy) is 9. The zero-order valence-corrected chi connectivity index (χ0v) is 35.6. The topological polar surface area (TPSA) is 253 Å². The molecule has 19 heteroatoms. The monoisotopic (exact) mass is 867 g/mol. The van der Waals surface area contributed by atoms with E-state index in [1.165, 1.54) is 56.6 Å². The second kappa shape index (κ2) is 16.7. The van der Waals surface area contributed by atoms with E-state index in [2.05, 4.69) is 4.98 Å². The summed E-state index contributed by atoms with van der Waals surface area (Å²) in [4.78, 5) is 113. The number of fused-ring (bicyclic) bond motifs is 5. The smallest absolute Gasteiger partial charge is 0.340 e. The molecule has 6 rings (SSSR count). The molecule has 62 heavy (non-hydrogen) atoms. The fourth-order valence-corrected chi connectivity index (χ4v) is 9.88. The number of carbonyl (C=O) groups excluding carboxylic acids is 8. The molecule has 4 aliphatic rings. The van der Waals surface area contributed by atoms with Crippen LogP contribution in [0.15, 0.2) is 48.8 Å². The molecule has 1 aromatic carbocycles. The molecule has 2 aliphatic carbocycles. The zero-order chi connectivity index (χ0) is 45.7. The van der Waals surface area contributed by atoms with E-state index < -0.39 is 138 Å². The van der Waals surface area contributed by atoms with E-state index in [0.717, 1.165) is 41.5 Å². The number of rotatable bonds is 8. The van der Waals surface area contributed by atoms with E-state index >= 15 is 0 Å². The Morgan fingerprint density at radius 1 is 0.758 bits per heavy atom. The maximum absolute atomic E-state index is 14.5. The molecule has 2 aromatic rings. The summed E-state index contributed by atoms with van der Waals surface area (Å²) in [6.07, 6.45) is -9.55. The lowest BCUT2D eigenvalue weighted by Crippen LogP contribution is -2.89. The number of hydrogen-bond donors (Lipinski definition) is 1. The normalized spacial score (nSPS) is 36.0. The molecule has 13 atom stereocenters. The van der Waals surface area contributed by atoms with Crippen LogP contribution in [-0.2, 0) is 71.4 Å². The molecule has 1 aromatic heterocycles. The van der Waals surface area contributed by atoms with E-state index in [1.807, 2.05) is 0 Å². The van der Waals surface area contributed by atoms with Gasteiger partial charge in [0.1, 0.15) is 42.0 Å². The van der Waals surface area contributed by atoms with Gasteiger partial charge in [-0.2, -0.15) is 0 Å². The largest absolute Gasteiger partial charge is 0.465 e. The Hall–Kier alpha value is -5.95. The van der Waals surface area contributed by atoms with Crippen molar-refractivity contribution in [3.63, 3.8) is 0 Å². The minimum atomic E-state index is -2.87. The lowest BCUT2D eigenvalue weighted by molar-refractivity contribution is -0.386. The predicted octanol–water partition coefficient (Wildman–Crippen LogP) is 2.33. The second-order valence-electron chi connectivity index (χ2n) is 16.5. The molecule has 1 N–H and O–H groups in total. The number of hydrogen-bond acceptors (Lipinski definition) is 19. The summed E-state index contributed by atoms with van der Waals surface area (Å²) in [6.45, 7) is 8.71. The van der Waals surface area contributed by atoms with Crippen LogP contribution in [0.25, 0.3) is 0 Å². The van der Waals surface area contributed by atoms with E-state index in [4.69, 9.17) is 42.6 Å². The lowest BCUT2D eigenvalue weighted by Gasteiger charge is -2.67. The fourth-order valence-electron chi connectivity index (χ4n) is 9.88. The maximum Gasteiger partial charge on any atom is 0.340 e. The van der Waals surface area contributed by atoms with E-state index in [9.17, 15) is 43.5 Å². The van der Waals surface area contributed by atoms with Crippen LogP contribution in [0.3, 0.4) is 0 Å². The Morgan fingerprint density at radius 2 is 1.34 bits per heavy atom. The first-order valence-electron chi connectivity index (χ1n) is 19.9. The van der Waals surface area contributed by atoms with Gasteiger partial charge in [-0.3, -0.25) is 33.8 Å². The highest BCUT2D eigenvalue weighted by Gasteiger charge is 2.92. The number of aliphatic hydroxyl groups is 1. The van der Waals surface area contributed by atoms with Gasteiger partial charge in [-0.25, -0.2) is 9.59 Å². The summed E-state index contributed by atoms with van der Waals surface area (Å²) < 4.78 is 55.4. The van der Waals surface area contributed by atoms with E-state index in [0.29, 0.717) is 5.56 Å². The molecule has 0 radical (unpaired) electrons. The minimum Gasteiger partial charge on any atom is -0.465 e. The molecule has 3 heterocycles. The molecule has 334 valence electrons. The van der Waals surface area contributed by atoms with Crippen molar-refractivity contribution in [2.24, 2.45) is 17.3 Å². The highest BCUT2D eigenvalue weighted by molar-refractivity contribution is 5.91. The average molecular weight is 868 g/mol. The second-order valence-corrected chi connectivity index (χ2v) is 16.5. The van der Waals surface area contributed by atoms with Crippen molar-refractivity contribution >= 4 is 47.8 Å². The highest BCUT2D eigenvalue weighted by Crippen LogP contribution is 2.70. The molecular formula is C43H49NO18. The standard InChI is InChI=1S/C43H49NO18/c1-20-21(2)37(50)61-34-32(57-24(5)47)36(59-26(7)49)42(19-54-22(3)45)35(58-25(6)48)31(56-23(4)46)30-33(60-38(51)27-13-11-10-12-14-27)43(42,41(34,9)53)62-40(30,8)18-55-39(52)29-17-44-16-15-28(20)29/h10-17,20-21,30-36,53H,18-19H2,1-9H3/t20?,21?,30-,31+,32+,33-,34+,35-,36+,40+,41+,42-,43-/m1/s1. The van der Waals surface area contributed by atoms with Gasteiger partial charge in [0, 0.05) is 47.0 Å². The molecule has 4 bridgehead atoms. The molecule has 1 saturated heterocycles. The highest BCUT2D eigenvalue weighted by atomic mass is 16.7. The summed E-state index contributed by atoms with van der Waals surface area (Å²) in [6, 6.07) is 9.04. The Morgan fingerprint density at radius 3 is 1.92 bits per heavy atom. The van der Waals surface area contributed by atoms with Gasteiger partial charge in [-0.1, -0.05) is 32.0 Å². The Bertz CT molecular complexity index is 2160. The summed E-state index contributed by atoms with van der Waals surface area (Å²) >= 11 is 0. The van der Waals surface area contributed by atoms with Crippen LogP contribution < -0.4 is 0 Å². The van der Waals surface area contributed by atoms with Crippen LogP contribution in [0.4, 0.5) is 0 Å². The van der Waals surface area contributed by atoms with Gasteiger partial charge >= 0.3 is 47.8 Å². The SMILES string of the molecule is CC(=O)OC[C@]12[C@H](OC(C)=O)[C@@H](OC(C)=O)[C@@H]3[C@@H](OC(=O)c4ccccc4)[C@]14O[C@@]3(C)COC(=O)c1cnccc1C(C)C(C)C(=O)O[C@@H]([C@H](OC(C)=O)[C@@H]2OC(C)=O)[C@]4(C)O. The quantitative estimate of drug-likeness (QED) is 0.295. The third-order valence-corrected chi connectivity index (χ3v) is 12.5. The molecule has 1 spiro atoms. The molecule has 19 nitrogen and oxygen atoms in total. The first-order valence-corrected chi connectivity index (χ1v) is 19.9. The number of aromatic nitrogens is 1. The van der Waals surface area contributed by atoms with Crippen molar-refractivity contribution in [3.05, 3.63) is 65.5 Å². The minimum absolute atomic E-state index is 0.0290. The van der Waals surface area contributed by atoms with Gasteiger partial charge in [0.05, 0.1) is 23.0 Å². The average Bonchev–Trinajstić information content (AvgIpc) is 3.42. The molecule has 2 saturated carbocycles. The number of pyridine rings is 1. The number of cyclic esters (lactones) is 1. The van der Waals surface area contributed by atoms with Crippen molar-refractivity contribution in [2.45, 2.75) is 122 Å². The van der Waals surface area contributed by atoms with Crippen molar-refractivity contribution < 1.29 is 86.1 Å². The van der Waals surface area contributed by atoms with Gasteiger partial charge in [-0.15, -0.1) is 0 Å². The molecular weight excluding hydrogens is 818 g/mol. The first kappa shape index (κ1) is 45.6. The number of esters is 8. The zero-order valence-electron chi connectivity index (χ0n) is 35.6. The van der Waals surface area contributed by atoms with Crippen molar-refractivity contribution in [2.75, 3.05) is 13.2 Å². The summed E-state index contributed by atoms with van der Waals surface area (Å²) in [5.41, 5.74) is -10.2. The Labute approximate surface area is 355 Å². The predicted molar refractivity (Wildman–Crippen MR) is 205 cm³/mol. The Balaban J connectivity index is 1.81. The van der Waals surface area contributed by atoms with Gasteiger partial charge in [-0.05, 0) is 43.5 Å². The molecule has 2 aliphatic heterocycles.